The lowest BCUT2D eigenvalue weighted by molar-refractivity contribution is 0.273. The maximum Gasteiger partial charge on any atom is 0.0992 e. The van der Waals surface area contributed by atoms with Gasteiger partial charge in [-0.15, -0.1) is 0 Å². The fraction of sp³-hybridized carbons (Fsp3) is 0.0909. The lowest BCUT2D eigenvalue weighted by Crippen LogP contribution is -2.01. The van der Waals surface area contributed by atoms with E-state index in [4.69, 9.17) is 10.4 Å². The van der Waals surface area contributed by atoms with E-state index < -0.39 is 0 Å². The summed E-state index contributed by atoms with van der Waals surface area (Å²) in [5.41, 5.74) is 2.06. The number of nitrogens with zero attached hydrogens (tertiary/aromatic N) is 3. The molecule has 0 aliphatic carbocycles. The van der Waals surface area contributed by atoms with Crippen molar-refractivity contribution in [3.8, 4) is 11.8 Å². The molecule has 0 radical (unpaired) electrons. The minimum absolute atomic E-state index is 0.0726. The van der Waals surface area contributed by atoms with Gasteiger partial charge in [0.15, 0.2) is 0 Å². The summed E-state index contributed by atoms with van der Waals surface area (Å²) in [7, 11) is 0. The van der Waals surface area contributed by atoms with Crippen molar-refractivity contribution in [3.63, 3.8) is 0 Å². The molecule has 1 N–H and O–H groups in total. The molecule has 0 saturated carbocycles. The van der Waals surface area contributed by atoms with Gasteiger partial charge in [-0.05, 0) is 24.3 Å². The van der Waals surface area contributed by atoms with Gasteiger partial charge in [-0.2, -0.15) is 10.4 Å². The van der Waals surface area contributed by atoms with Crippen LogP contribution in [0.2, 0.25) is 0 Å². The van der Waals surface area contributed by atoms with Crippen LogP contribution in [0.3, 0.4) is 0 Å². The largest absolute Gasteiger partial charge is 0.390 e. The Hall–Kier alpha value is -2.12. The fourth-order valence-electron chi connectivity index (χ4n) is 1.39. The Morgan fingerprint density at radius 3 is 3.00 bits per heavy atom. The normalized spacial score (nSPS) is 9.87. The molecule has 1 aromatic heterocycles. The van der Waals surface area contributed by atoms with Crippen LogP contribution in [0.25, 0.3) is 5.69 Å². The Balaban J connectivity index is 2.50. The number of nitriles is 1. The van der Waals surface area contributed by atoms with Gasteiger partial charge in [0.1, 0.15) is 0 Å². The minimum atomic E-state index is -0.0726. The fourth-order valence-corrected chi connectivity index (χ4v) is 1.39. The van der Waals surface area contributed by atoms with Gasteiger partial charge < -0.3 is 5.11 Å². The van der Waals surface area contributed by atoms with Crippen molar-refractivity contribution >= 4 is 0 Å². The summed E-state index contributed by atoms with van der Waals surface area (Å²) in [5, 5.41) is 21.9. The summed E-state index contributed by atoms with van der Waals surface area (Å²) in [4.78, 5) is 0. The third-order valence-corrected chi connectivity index (χ3v) is 2.10. The van der Waals surface area contributed by atoms with Crippen LogP contribution in [0.1, 0.15) is 11.3 Å². The van der Waals surface area contributed by atoms with Crippen molar-refractivity contribution in [2.75, 3.05) is 0 Å². The van der Waals surface area contributed by atoms with Crippen molar-refractivity contribution in [1.29, 1.82) is 5.26 Å². The van der Waals surface area contributed by atoms with Crippen LogP contribution in [0.4, 0.5) is 0 Å². The van der Waals surface area contributed by atoms with E-state index in [0.29, 0.717) is 11.3 Å². The highest BCUT2D eigenvalue weighted by atomic mass is 16.3. The van der Waals surface area contributed by atoms with Crippen LogP contribution >= 0.6 is 0 Å². The van der Waals surface area contributed by atoms with Gasteiger partial charge in [0.25, 0.3) is 0 Å². The molecule has 2 aromatic rings. The molecule has 0 amide bonds. The molecule has 0 spiro atoms. The Bertz CT molecular complexity index is 511. The molecule has 4 nitrogen and oxygen atoms in total. The zero-order chi connectivity index (χ0) is 10.7. The lowest BCUT2D eigenvalue weighted by Gasteiger charge is -2.05. The number of aromatic nitrogens is 2. The average Bonchev–Trinajstić information content (AvgIpc) is 2.77. The van der Waals surface area contributed by atoms with Crippen LogP contribution in [0.15, 0.2) is 36.5 Å². The van der Waals surface area contributed by atoms with Crippen LogP contribution in [0.5, 0.6) is 0 Å². The van der Waals surface area contributed by atoms with Crippen molar-refractivity contribution in [3.05, 3.63) is 47.8 Å². The maximum atomic E-state index is 9.07. The van der Waals surface area contributed by atoms with Gasteiger partial charge in [0, 0.05) is 6.20 Å². The van der Waals surface area contributed by atoms with Gasteiger partial charge in [0.2, 0.25) is 0 Å². The number of benzene rings is 1. The Labute approximate surface area is 87.0 Å². The topological polar surface area (TPSA) is 61.8 Å². The van der Waals surface area contributed by atoms with Crippen molar-refractivity contribution in [2.45, 2.75) is 6.61 Å². The molecular formula is C11H9N3O. The second-order valence-corrected chi connectivity index (χ2v) is 3.05. The van der Waals surface area contributed by atoms with E-state index >= 15 is 0 Å². The number of aliphatic hydroxyl groups excluding tert-OH is 1. The predicted molar refractivity (Wildman–Crippen MR) is 54.2 cm³/mol. The van der Waals surface area contributed by atoms with E-state index in [1.165, 1.54) is 0 Å². The average molecular weight is 199 g/mol. The highest BCUT2D eigenvalue weighted by Crippen LogP contribution is 2.12. The Morgan fingerprint density at radius 2 is 2.27 bits per heavy atom. The van der Waals surface area contributed by atoms with Gasteiger partial charge in [-0.1, -0.05) is 6.07 Å². The molecule has 0 saturated heterocycles. The van der Waals surface area contributed by atoms with E-state index in [-0.39, 0.29) is 6.61 Å². The number of hydrogen-bond acceptors (Lipinski definition) is 3. The first-order valence-corrected chi connectivity index (χ1v) is 4.49. The molecule has 1 heterocycles. The standard InChI is InChI=1S/C11H9N3O/c12-7-9-2-1-3-10(6-9)14-11(8-15)4-5-13-14/h1-6,15H,8H2. The Morgan fingerprint density at radius 1 is 1.40 bits per heavy atom. The summed E-state index contributed by atoms with van der Waals surface area (Å²) >= 11 is 0. The van der Waals surface area contributed by atoms with E-state index in [2.05, 4.69) is 11.2 Å². The monoisotopic (exact) mass is 199 g/mol. The van der Waals surface area contributed by atoms with Crippen molar-refractivity contribution in [1.82, 2.24) is 9.78 Å². The zero-order valence-electron chi connectivity index (χ0n) is 7.96. The van der Waals surface area contributed by atoms with Crippen LogP contribution < -0.4 is 0 Å². The molecule has 15 heavy (non-hydrogen) atoms. The first-order chi connectivity index (χ1) is 7.35. The van der Waals surface area contributed by atoms with Gasteiger partial charge in [-0.25, -0.2) is 4.68 Å². The molecule has 74 valence electrons. The third kappa shape index (κ3) is 1.73. The summed E-state index contributed by atoms with van der Waals surface area (Å²) in [5.74, 6) is 0. The predicted octanol–water partition coefficient (Wildman–Crippen LogP) is 1.24. The minimum Gasteiger partial charge on any atom is -0.390 e. The summed E-state index contributed by atoms with van der Waals surface area (Å²) in [6, 6.07) is 10.9. The van der Waals surface area contributed by atoms with Crippen molar-refractivity contribution in [2.24, 2.45) is 0 Å². The number of rotatable bonds is 2. The van der Waals surface area contributed by atoms with Crippen LogP contribution in [0, 0.1) is 11.3 Å². The molecule has 0 aliphatic rings. The molecule has 1 aromatic carbocycles. The highest BCUT2D eigenvalue weighted by Gasteiger charge is 2.03. The van der Waals surface area contributed by atoms with Crippen LogP contribution in [-0.4, -0.2) is 14.9 Å². The molecule has 0 unspecified atom stereocenters. The van der Waals surface area contributed by atoms with Gasteiger partial charge >= 0.3 is 0 Å². The van der Waals surface area contributed by atoms with Gasteiger partial charge in [-0.3, -0.25) is 0 Å². The SMILES string of the molecule is N#Cc1cccc(-n2nccc2CO)c1. The third-order valence-electron chi connectivity index (χ3n) is 2.10. The molecule has 0 atom stereocenters. The highest BCUT2D eigenvalue weighted by molar-refractivity contribution is 5.41. The van der Waals surface area contributed by atoms with E-state index in [9.17, 15) is 0 Å². The number of aliphatic hydroxyl groups is 1. The second-order valence-electron chi connectivity index (χ2n) is 3.05. The second kappa shape index (κ2) is 3.95. The van der Waals surface area contributed by atoms with Crippen LogP contribution in [-0.2, 0) is 6.61 Å². The molecular weight excluding hydrogens is 190 g/mol. The summed E-state index contributed by atoms with van der Waals surface area (Å²) in [6.07, 6.45) is 1.62. The summed E-state index contributed by atoms with van der Waals surface area (Å²) < 4.78 is 1.61. The molecule has 0 aliphatic heterocycles. The van der Waals surface area contributed by atoms with E-state index in [0.717, 1.165) is 5.69 Å². The van der Waals surface area contributed by atoms with E-state index in [1.54, 1.807) is 35.1 Å². The molecule has 0 fully saturated rings. The first-order valence-electron chi connectivity index (χ1n) is 4.49. The Kier molecular flexibility index (Phi) is 2.48. The number of hydrogen-bond donors (Lipinski definition) is 1. The smallest absolute Gasteiger partial charge is 0.0992 e. The lowest BCUT2D eigenvalue weighted by atomic mass is 10.2. The molecule has 0 bridgehead atoms. The first kappa shape index (κ1) is 9.44. The van der Waals surface area contributed by atoms with Gasteiger partial charge in [0.05, 0.1) is 29.6 Å². The summed E-state index contributed by atoms with van der Waals surface area (Å²) in [6.45, 7) is -0.0726. The quantitative estimate of drug-likeness (QED) is 0.791. The zero-order valence-corrected chi connectivity index (χ0v) is 7.96. The molecule has 4 heteroatoms. The van der Waals surface area contributed by atoms with E-state index in [1.807, 2.05) is 6.07 Å². The van der Waals surface area contributed by atoms with Crippen molar-refractivity contribution < 1.29 is 5.11 Å². The maximum absolute atomic E-state index is 9.07. The molecule has 2 rings (SSSR count).